The number of hydrogen-bond acceptors (Lipinski definition) is 3. The highest BCUT2D eigenvalue weighted by atomic mass is 16.5. The molecular weight excluding hydrogens is 254 g/mol. The van der Waals surface area contributed by atoms with Gasteiger partial charge in [-0.25, -0.2) is 0 Å². The molecule has 4 heteroatoms. The Morgan fingerprint density at radius 2 is 2.05 bits per heavy atom. The smallest absolute Gasteiger partial charge is 0.311 e. The highest BCUT2D eigenvalue weighted by Crippen LogP contribution is 2.30. The van der Waals surface area contributed by atoms with Crippen molar-refractivity contribution in [3.05, 3.63) is 35.9 Å². The maximum Gasteiger partial charge on any atom is 0.311 e. The average Bonchev–Trinajstić information content (AvgIpc) is 2.77. The summed E-state index contributed by atoms with van der Waals surface area (Å²) in [6.45, 7) is 3.06. The maximum atomic E-state index is 12.4. The van der Waals surface area contributed by atoms with Gasteiger partial charge >= 0.3 is 5.97 Å². The number of likely N-dealkylation sites (tertiary alicyclic amines) is 1. The Bertz CT molecular complexity index is 472. The second kappa shape index (κ2) is 6.55. The SMILES string of the molecule is CCC[C@H]1C(=O)N(Cc2ccccc2)C[C@@H]1C(=O)OC. The Labute approximate surface area is 119 Å². The van der Waals surface area contributed by atoms with Gasteiger partial charge in [0.2, 0.25) is 5.91 Å². The summed E-state index contributed by atoms with van der Waals surface area (Å²) in [4.78, 5) is 26.1. The lowest BCUT2D eigenvalue weighted by atomic mass is 9.91. The monoisotopic (exact) mass is 275 g/mol. The van der Waals surface area contributed by atoms with Gasteiger partial charge in [-0.15, -0.1) is 0 Å². The minimum absolute atomic E-state index is 0.0751. The lowest BCUT2D eigenvalue weighted by Gasteiger charge is -2.16. The summed E-state index contributed by atoms with van der Waals surface area (Å²) < 4.78 is 4.84. The zero-order valence-electron chi connectivity index (χ0n) is 12.0. The van der Waals surface area contributed by atoms with Crippen molar-refractivity contribution in [1.29, 1.82) is 0 Å². The average molecular weight is 275 g/mol. The number of benzene rings is 1. The van der Waals surface area contributed by atoms with E-state index in [0.29, 0.717) is 13.1 Å². The third-order valence-corrected chi connectivity index (χ3v) is 3.85. The Balaban J connectivity index is 2.12. The van der Waals surface area contributed by atoms with Gasteiger partial charge in [0, 0.05) is 13.1 Å². The fourth-order valence-electron chi connectivity index (χ4n) is 2.83. The third kappa shape index (κ3) is 3.00. The van der Waals surface area contributed by atoms with Crippen LogP contribution in [0.4, 0.5) is 0 Å². The van der Waals surface area contributed by atoms with E-state index in [2.05, 4.69) is 0 Å². The van der Waals surface area contributed by atoms with E-state index < -0.39 is 0 Å². The summed E-state index contributed by atoms with van der Waals surface area (Å²) in [7, 11) is 1.38. The Morgan fingerprint density at radius 1 is 1.35 bits per heavy atom. The molecule has 0 bridgehead atoms. The van der Waals surface area contributed by atoms with E-state index in [9.17, 15) is 9.59 Å². The number of amides is 1. The van der Waals surface area contributed by atoms with Crippen LogP contribution in [-0.4, -0.2) is 30.4 Å². The topological polar surface area (TPSA) is 46.6 Å². The summed E-state index contributed by atoms with van der Waals surface area (Å²) >= 11 is 0. The standard InChI is InChI=1S/C16H21NO3/c1-3-7-13-14(16(19)20-2)11-17(15(13)18)10-12-8-5-4-6-9-12/h4-6,8-9,13-14H,3,7,10-11H2,1-2H3/t13-,14+/m1/s1. The first-order valence-corrected chi connectivity index (χ1v) is 7.08. The van der Waals surface area contributed by atoms with Gasteiger partial charge in [-0.05, 0) is 12.0 Å². The van der Waals surface area contributed by atoms with Crippen LogP contribution < -0.4 is 0 Å². The van der Waals surface area contributed by atoms with Crippen molar-refractivity contribution in [1.82, 2.24) is 4.90 Å². The van der Waals surface area contributed by atoms with Gasteiger partial charge < -0.3 is 9.64 Å². The molecule has 1 heterocycles. The molecule has 1 aromatic rings. The van der Waals surface area contributed by atoms with Crippen LogP contribution in [0, 0.1) is 11.8 Å². The third-order valence-electron chi connectivity index (χ3n) is 3.85. The number of carbonyl (C=O) groups excluding carboxylic acids is 2. The summed E-state index contributed by atoms with van der Waals surface area (Å²) in [5.41, 5.74) is 1.08. The number of ether oxygens (including phenoxy) is 1. The van der Waals surface area contributed by atoms with Crippen LogP contribution in [0.5, 0.6) is 0 Å². The van der Waals surface area contributed by atoms with Crippen molar-refractivity contribution < 1.29 is 14.3 Å². The molecule has 0 radical (unpaired) electrons. The molecule has 0 saturated carbocycles. The molecular formula is C16H21NO3. The molecule has 1 saturated heterocycles. The normalized spacial score (nSPS) is 22.1. The molecule has 2 atom stereocenters. The molecule has 1 amide bonds. The van der Waals surface area contributed by atoms with Crippen molar-refractivity contribution in [2.75, 3.05) is 13.7 Å². The molecule has 0 aromatic heterocycles. The second-order valence-electron chi connectivity index (χ2n) is 5.23. The molecule has 1 aliphatic heterocycles. The summed E-state index contributed by atoms with van der Waals surface area (Å²) in [5, 5.41) is 0. The van der Waals surface area contributed by atoms with E-state index in [-0.39, 0.29) is 23.7 Å². The van der Waals surface area contributed by atoms with E-state index in [1.165, 1.54) is 7.11 Å². The molecule has 1 aliphatic rings. The van der Waals surface area contributed by atoms with E-state index in [4.69, 9.17) is 4.74 Å². The van der Waals surface area contributed by atoms with Gasteiger partial charge in [-0.1, -0.05) is 43.7 Å². The van der Waals surface area contributed by atoms with Crippen LogP contribution in [0.15, 0.2) is 30.3 Å². The largest absolute Gasteiger partial charge is 0.469 e. The molecule has 0 aliphatic carbocycles. The van der Waals surface area contributed by atoms with Crippen molar-refractivity contribution >= 4 is 11.9 Å². The van der Waals surface area contributed by atoms with Gasteiger partial charge in [0.25, 0.3) is 0 Å². The van der Waals surface area contributed by atoms with Crippen LogP contribution in [0.2, 0.25) is 0 Å². The van der Waals surface area contributed by atoms with Gasteiger partial charge in [0.1, 0.15) is 0 Å². The number of hydrogen-bond donors (Lipinski definition) is 0. The lowest BCUT2D eigenvalue weighted by Crippen LogP contribution is -2.26. The first kappa shape index (κ1) is 14.6. The van der Waals surface area contributed by atoms with Crippen LogP contribution in [0.25, 0.3) is 0 Å². The zero-order valence-corrected chi connectivity index (χ0v) is 12.0. The Morgan fingerprint density at radius 3 is 2.65 bits per heavy atom. The fourth-order valence-corrected chi connectivity index (χ4v) is 2.83. The van der Waals surface area contributed by atoms with Crippen molar-refractivity contribution in [2.45, 2.75) is 26.3 Å². The molecule has 0 N–H and O–H groups in total. The van der Waals surface area contributed by atoms with E-state index in [0.717, 1.165) is 18.4 Å². The zero-order chi connectivity index (χ0) is 14.5. The van der Waals surface area contributed by atoms with E-state index in [1.54, 1.807) is 4.90 Å². The second-order valence-corrected chi connectivity index (χ2v) is 5.23. The molecule has 20 heavy (non-hydrogen) atoms. The minimum Gasteiger partial charge on any atom is -0.469 e. The van der Waals surface area contributed by atoms with Gasteiger partial charge in [0.15, 0.2) is 0 Å². The molecule has 0 unspecified atom stereocenters. The first-order valence-electron chi connectivity index (χ1n) is 7.08. The molecule has 108 valence electrons. The highest BCUT2D eigenvalue weighted by molar-refractivity contribution is 5.89. The van der Waals surface area contributed by atoms with E-state index in [1.807, 2.05) is 37.3 Å². The van der Waals surface area contributed by atoms with Crippen LogP contribution in [0.1, 0.15) is 25.3 Å². The molecule has 0 spiro atoms. The number of carbonyl (C=O) groups is 2. The van der Waals surface area contributed by atoms with Crippen molar-refractivity contribution in [3.63, 3.8) is 0 Å². The first-order chi connectivity index (χ1) is 9.67. The van der Waals surface area contributed by atoms with Crippen molar-refractivity contribution in [2.24, 2.45) is 11.8 Å². The number of methoxy groups -OCH3 is 1. The highest BCUT2D eigenvalue weighted by Gasteiger charge is 2.43. The lowest BCUT2D eigenvalue weighted by molar-refractivity contribution is -0.147. The number of rotatable bonds is 5. The van der Waals surface area contributed by atoms with Crippen molar-refractivity contribution in [3.8, 4) is 0 Å². The van der Waals surface area contributed by atoms with Gasteiger partial charge in [0.05, 0.1) is 18.9 Å². The van der Waals surface area contributed by atoms with Crippen LogP contribution in [0.3, 0.4) is 0 Å². The Hall–Kier alpha value is -1.84. The molecule has 4 nitrogen and oxygen atoms in total. The molecule has 2 rings (SSSR count). The molecule has 1 fully saturated rings. The van der Waals surface area contributed by atoms with Gasteiger partial charge in [-0.2, -0.15) is 0 Å². The van der Waals surface area contributed by atoms with E-state index >= 15 is 0 Å². The fraction of sp³-hybridized carbons (Fsp3) is 0.500. The Kier molecular flexibility index (Phi) is 4.77. The predicted octanol–water partition coefficient (Wildman–Crippen LogP) is 2.23. The molecule has 1 aromatic carbocycles. The van der Waals surface area contributed by atoms with Crippen LogP contribution in [-0.2, 0) is 20.9 Å². The minimum atomic E-state index is -0.323. The predicted molar refractivity (Wildman–Crippen MR) is 75.8 cm³/mol. The number of nitrogens with zero attached hydrogens (tertiary/aromatic N) is 1. The summed E-state index contributed by atoms with van der Waals surface area (Å²) in [5.74, 6) is -0.745. The van der Waals surface area contributed by atoms with Crippen LogP contribution >= 0.6 is 0 Å². The maximum absolute atomic E-state index is 12.4. The summed E-state index contributed by atoms with van der Waals surface area (Å²) in [6.07, 6.45) is 1.63. The van der Waals surface area contributed by atoms with Gasteiger partial charge in [-0.3, -0.25) is 9.59 Å². The quantitative estimate of drug-likeness (QED) is 0.774. The number of esters is 1. The summed E-state index contributed by atoms with van der Waals surface area (Å²) in [6, 6.07) is 9.85.